The number of anilines is 1. The van der Waals surface area contributed by atoms with Crippen LogP contribution in [0.15, 0.2) is 29.6 Å². The van der Waals surface area contributed by atoms with Gasteiger partial charge in [0, 0.05) is 5.69 Å². The Morgan fingerprint density at radius 3 is 2.68 bits per heavy atom. The monoisotopic (exact) mass is 335 g/mol. The van der Waals surface area contributed by atoms with Gasteiger partial charge in [-0.2, -0.15) is 0 Å². The second kappa shape index (κ2) is 5.11. The lowest BCUT2D eigenvalue weighted by Gasteiger charge is -2.20. The number of rotatable bonds is 3. The molecular weight excluding hydrogens is 322 g/mol. The summed E-state index contributed by atoms with van der Waals surface area (Å²) in [6, 6.07) is 6.67. The number of benzene rings is 1. The van der Waals surface area contributed by atoms with Crippen molar-refractivity contribution in [1.82, 2.24) is 0 Å². The van der Waals surface area contributed by atoms with Crippen LogP contribution < -0.4 is 4.90 Å². The Morgan fingerprint density at radius 2 is 2.09 bits per heavy atom. The molecule has 0 bridgehead atoms. The molecule has 4 nitrogen and oxygen atoms in total. The van der Waals surface area contributed by atoms with E-state index < -0.39 is 11.4 Å². The summed E-state index contributed by atoms with van der Waals surface area (Å²) in [5.41, 5.74) is 1.97. The number of fused-ring (bicyclic) bond motifs is 1. The summed E-state index contributed by atoms with van der Waals surface area (Å²) in [7, 11) is 0. The van der Waals surface area contributed by atoms with Crippen LogP contribution in [0.1, 0.15) is 35.3 Å². The lowest BCUT2D eigenvalue weighted by Crippen LogP contribution is -2.35. The van der Waals surface area contributed by atoms with Crippen molar-refractivity contribution in [1.29, 1.82) is 0 Å². The van der Waals surface area contributed by atoms with Crippen LogP contribution >= 0.6 is 22.9 Å². The topological polar surface area (TPSA) is 57.6 Å². The van der Waals surface area contributed by atoms with Crippen LogP contribution in [0.3, 0.4) is 0 Å². The van der Waals surface area contributed by atoms with Gasteiger partial charge in [-0.05, 0) is 48.6 Å². The molecule has 2 heterocycles. The van der Waals surface area contributed by atoms with E-state index in [-0.39, 0.29) is 11.5 Å². The van der Waals surface area contributed by atoms with E-state index in [2.05, 4.69) is 0 Å². The normalized spacial score (nSPS) is 16.0. The number of amides is 1. The van der Waals surface area contributed by atoms with Crippen molar-refractivity contribution >= 4 is 40.5 Å². The molecular formula is C16H14ClNO3S. The fraction of sp³-hybridized carbons (Fsp3) is 0.250. The highest BCUT2D eigenvalue weighted by molar-refractivity contribution is 7.14. The third kappa shape index (κ3) is 2.30. The first-order valence-electron chi connectivity index (χ1n) is 6.73. The number of hydrogen-bond donors (Lipinski definition) is 1. The fourth-order valence-electron chi connectivity index (χ4n) is 2.75. The number of carbonyl (C=O) groups is 2. The average Bonchev–Trinajstić information content (AvgIpc) is 2.95. The molecule has 114 valence electrons. The van der Waals surface area contributed by atoms with Gasteiger partial charge in [0.05, 0.1) is 21.9 Å². The smallest absolute Gasteiger partial charge is 0.335 e. The first-order valence-corrected chi connectivity index (χ1v) is 7.99. The summed E-state index contributed by atoms with van der Waals surface area (Å²) in [5, 5.41) is 11.1. The van der Waals surface area contributed by atoms with Gasteiger partial charge in [-0.15, -0.1) is 11.3 Å². The third-order valence-electron chi connectivity index (χ3n) is 3.95. The summed E-state index contributed by atoms with van der Waals surface area (Å²) in [6.07, 6.45) is 0. The van der Waals surface area contributed by atoms with Gasteiger partial charge in [-0.3, -0.25) is 4.79 Å². The van der Waals surface area contributed by atoms with Crippen molar-refractivity contribution in [3.05, 3.63) is 50.7 Å². The van der Waals surface area contributed by atoms with Crippen molar-refractivity contribution in [3.8, 4) is 0 Å². The second-order valence-corrected chi connectivity index (χ2v) is 7.35. The van der Waals surface area contributed by atoms with Crippen LogP contribution in [-0.2, 0) is 16.8 Å². The molecule has 0 unspecified atom stereocenters. The Labute approximate surface area is 136 Å². The lowest BCUT2D eigenvalue weighted by atomic mass is 9.86. The Kier molecular flexibility index (Phi) is 3.50. The average molecular weight is 336 g/mol. The van der Waals surface area contributed by atoms with Gasteiger partial charge < -0.3 is 10.0 Å². The highest BCUT2D eigenvalue weighted by atomic mass is 35.5. The van der Waals surface area contributed by atoms with Gasteiger partial charge in [-0.1, -0.05) is 17.7 Å². The molecule has 3 rings (SSSR count). The van der Waals surface area contributed by atoms with Gasteiger partial charge in [0.25, 0.3) is 0 Å². The number of nitrogens with zero attached hydrogens (tertiary/aromatic N) is 1. The van der Waals surface area contributed by atoms with E-state index in [4.69, 9.17) is 11.6 Å². The molecule has 0 spiro atoms. The van der Waals surface area contributed by atoms with Gasteiger partial charge in [0.15, 0.2) is 0 Å². The van der Waals surface area contributed by atoms with Crippen LogP contribution in [-0.4, -0.2) is 17.0 Å². The molecule has 0 atom stereocenters. The zero-order valence-electron chi connectivity index (χ0n) is 12.1. The summed E-state index contributed by atoms with van der Waals surface area (Å²) in [4.78, 5) is 25.6. The van der Waals surface area contributed by atoms with E-state index in [9.17, 15) is 14.7 Å². The summed E-state index contributed by atoms with van der Waals surface area (Å²) < 4.78 is 0.667. The van der Waals surface area contributed by atoms with E-state index in [1.54, 1.807) is 23.1 Å². The van der Waals surface area contributed by atoms with Crippen molar-refractivity contribution in [3.63, 3.8) is 0 Å². The zero-order chi connectivity index (χ0) is 16.1. The number of carbonyl (C=O) groups excluding carboxylic acids is 1. The number of carboxylic acid groups (broad SMARTS) is 1. The summed E-state index contributed by atoms with van der Waals surface area (Å²) >= 11 is 7.35. The van der Waals surface area contributed by atoms with Crippen LogP contribution in [0.25, 0.3) is 0 Å². The predicted molar refractivity (Wildman–Crippen MR) is 86.9 cm³/mol. The van der Waals surface area contributed by atoms with E-state index in [0.29, 0.717) is 16.6 Å². The summed E-state index contributed by atoms with van der Waals surface area (Å²) in [6.45, 7) is 4.10. The first-order chi connectivity index (χ1) is 10.3. The molecule has 0 radical (unpaired) electrons. The maximum atomic E-state index is 12.7. The van der Waals surface area contributed by atoms with Crippen LogP contribution in [0.4, 0.5) is 5.69 Å². The number of aromatic carboxylic acids is 1. The van der Waals surface area contributed by atoms with E-state index in [1.165, 1.54) is 11.3 Å². The molecule has 1 aliphatic heterocycles. The molecule has 1 aliphatic rings. The maximum absolute atomic E-state index is 12.7. The lowest BCUT2D eigenvalue weighted by molar-refractivity contribution is -0.122. The van der Waals surface area contributed by atoms with Crippen LogP contribution in [0, 0.1) is 0 Å². The Balaban J connectivity index is 2.06. The molecule has 0 aliphatic carbocycles. The van der Waals surface area contributed by atoms with Gasteiger partial charge in [0.2, 0.25) is 5.91 Å². The van der Waals surface area contributed by atoms with Crippen molar-refractivity contribution in [2.75, 3.05) is 4.90 Å². The minimum Gasteiger partial charge on any atom is -0.478 e. The molecule has 1 N–H and O–H groups in total. The highest BCUT2D eigenvalue weighted by Crippen LogP contribution is 2.43. The Morgan fingerprint density at radius 1 is 1.36 bits per heavy atom. The fourth-order valence-corrected chi connectivity index (χ4v) is 3.65. The molecule has 0 saturated carbocycles. The van der Waals surface area contributed by atoms with E-state index >= 15 is 0 Å². The van der Waals surface area contributed by atoms with Gasteiger partial charge >= 0.3 is 5.97 Å². The Hall–Kier alpha value is -1.85. The number of carboxylic acids is 1. The van der Waals surface area contributed by atoms with Crippen LogP contribution in [0.2, 0.25) is 4.34 Å². The van der Waals surface area contributed by atoms with Gasteiger partial charge in [0.1, 0.15) is 0 Å². The molecule has 22 heavy (non-hydrogen) atoms. The van der Waals surface area contributed by atoms with Crippen LogP contribution in [0.5, 0.6) is 0 Å². The molecule has 1 aromatic heterocycles. The maximum Gasteiger partial charge on any atom is 0.335 e. The van der Waals surface area contributed by atoms with Crippen molar-refractivity contribution < 1.29 is 14.7 Å². The highest BCUT2D eigenvalue weighted by Gasteiger charge is 2.44. The molecule has 1 aromatic carbocycles. The number of hydrogen-bond acceptors (Lipinski definition) is 3. The quantitative estimate of drug-likeness (QED) is 0.924. The standard InChI is InChI=1S/C16H14ClNO3S/c1-16(2)11-4-3-10(14(19)20)6-12(11)18(15(16)21)7-9-5-13(17)22-8-9/h3-6,8H,7H2,1-2H3,(H,19,20). The molecule has 0 fully saturated rings. The molecule has 6 heteroatoms. The number of thiophene rings is 1. The molecule has 2 aromatic rings. The van der Waals surface area contributed by atoms with E-state index in [0.717, 1.165) is 11.1 Å². The largest absolute Gasteiger partial charge is 0.478 e. The van der Waals surface area contributed by atoms with Gasteiger partial charge in [-0.25, -0.2) is 4.79 Å². The Bertz CT molecular complexity index is 781. The molecule has 1 amide bonds. The predicted octanol–water partition coefficient (Wildman–Crippen LogP) is 3.92. The third-order valence-corrected chi connectivity index (χ3v) is 5.09. The minimum absolute atomic E-state index is 0.0349. The van der Waals surface area contributed by atoms with Crippen molar-refractivity contribution in [2.45, 2.75) is 25.8 Å². The molecule has 0 saturated heterocycles. The summed E-state index contributed by atoms with van der Waals surface area (Å²) in [5.74, 6) is -1.04. The van der Waals surface area contributed by atoms with E-state index in [1.807, 2.05) is 25.3 Å². The first kappa shape index (κ1) is 15.1. The number of halogens is 1. The second-order valence-electron chi connectivity index (χ2n) is 5.81. The van der Waals surface area contributed by atoms with Crippen molar-refractivity contribution in [2.24, 2.45) is 0 Å². The SMILES string of the molecule is CC1(C)C(=O)N(Cc2csc(Cl)c2)c2cc(C(=O)O)ccc21. The zero-order valence-corrected chi connectivity index (χ0v) is 13.7. The minimum atomic E-state index is -1.00.